The van der Waals surface area contributed by atoms with Crippen LogP contribution in [0.2, 0.25) is 0 Å². The second-order valence-corrected chi connectivity index (χ2v) is 10.6. The molecule has 0 aromatic heterocycles. The first-order valence-corrected chi connectivity index (χ1v) is 13.0. The molecule has 2 N–H and O–H groups in total. The molecule has 1 atom stereocenters. The minimum Gasteiger partial charge on any atom is -0.325 e. The van der Waals surface area contributed by atoms with Gasteiger partial charge in [-0.3, -0.25) is 13.8 Å². The Hall–Kier alpha value is -2.24. The summed E-state index contributed by atoms with van der Waals surface area (Å²) < 4.78 is 24.4. The third kappa shape index (κ3) is 10.1. The molecule has 0 aliphatic carbocycles. The van der Waals surface area contributed by atoms with Crippen molar-refractivity contribution in [3.05, 3.63) is 65.7 Å². The fourth-order valence-electron chi connectivity index (χ4n) is 3.18. The van der Waals surface area contributed by atoms with Gasteiger partial charge in [-0.15, -0.1) is 0 Å². The fourth-order valence-corrected chi connectivity index (χ4v) is 5.07. The molecule has 0 spiro atoms. The highest BCUT2D eigenvalue weighted by molar-refractivity contribution is 7.51. The molecule has 7 heteroatoms. The zero-order valence-electron chi connectivity index (χ0n) is 20.4. The molecule has 0 radical (unpaired) electrons. The Kier molecular flexibility index (Phi) is 10.5. The van der Waals surface area contributed by atoms with Gasteiger partial charge in [-0.2, -0.15) is 0 Å². The standard InChI is InChI=1S/C26H37N2O4P/c1-19(2)18-25(28-33(30,31-20(3)4)32-21(5)6)26(29)27-24-16-14-23(15-17-24)13-12-22-10-8-7-9-11-22/h7-17,19-21,25H,18H2,1-6H3,(H,27,29)(H,28,30)/b13-12+. The monoisotopic (exact) mass is 472 g/mol. The number of nitrogens with one attached hydrogen (secondary N) is 2. The van der Waals surface area contributed by atoms with E-state index < -0.39 is 13.8 Å². The Morgan fingerprint density at radius 1 is 0.848 bits per heavy atom. The highest BCUT2D eigenvalue weighted by Gasteiger charge is 2.34. The molecule has 0 aliphatic rings. The maximum absolute atomic E-state index is 13.3. The Balaban J connectivity index is 2.10. The van der Waals surface area contributed by atoms with Crippen LogP contribution in [0.25, 0.3) is 12.2 Å². The number of hydrogen-bond acceptors (Lipinski definition) is 4. The van der Waals surface area contributed by atoms with Gasteiger partial charge in [-0.05, 0) is 63.3 Å². The van der Waals surface area contributed by atoms with Crippen molar-refractivity contribution < 1.29 is 18.4 Å². The van der Waals surface area contributed by atoms with Crippen LogP contribution in [0.15, 0.2) is 54.6 Å². The number of carbonyl (C=O) groups is 1. The topological polar surface area (TPSA) is 76.7 Å². The zero-order chi connectivity index (χ0) is 24.4. The van der Waals surface area contributed by atoms with Gasteiger partial charge in [0, 0.05) is 5.69 Å². The molecule has 1 amide bonds. The van der Waals surface area contributed by atoms with Crippen LogP contribution < -0.4 is 10.4 Å². The fraction of sp³-hybridized carbons (Fsp3) is 0.423. The predicted octanol–water partition coefficient (Wildman–Crippen LogP) is 6.76. The van der Waals surface area contributed by atoms with Crippen LogP contribution in [0.4, 0.5) is 5.69 Å². The summed E-state index contributed by atoms with van der Waals surface area (Å²) in [7, 11) is -3.67. The van der Waals surface area contributed by atoms with Crippen molar-refractivity contribution >= 4 is 31.5 Å². The predicted molar refractivity (Wildman–Crippen MR) is 137 cm³/mol. The van der Waals surface area contributed by atoms with E-state index in [0.717, 1.165) is 11.1 Å². The molecule has 2 rings (SSSR count). The number of benzene rings is 2. The van der Waals surface area contributed by atoms with Crippen LogP contribution in [-0.4, -0.2) is 24.2 Å². The molecule has 6 nitrogen and oxygen atoms in total. The van der Waals surface area contributed by atoms with Gasteiger partial charge in [-0.1, -0.05) is 68.5 Å². The lowest BCUT2D eigenvalue weighted by Crippen LogP contribution is -2.41. The van der Waals surface area contributed by atoms with Gasteiger partial charge in [0.25, 0.3) is 0 Å². The van der Waals surface area contributed by atoms with Crippen molar-refractivity contribution in [3.63, 3.8) is 0 Å². The lowest BCUT2D eigenvalue weighted by Gasteiger charge is -2.28. The summed E-state index contributed by atoms with van der Waals surface area (Å²) >= 11 is 0. The molecule has 1 unspecified atom stereocenters. The molecule has 0 fully saturated rings. The van der Waals surface area contributed by atoms with E-state index in [1.54, 1.807) is 27.7 Å². The van der Waals surface area contributed by atoms with E-state index in [1.165, 1.54) is 0 Å². The summed E-state index contributed by atoms with van der Waals surface area (Å²) in [5.74, 6) is -0.0819. The van der Waals surface area contributed by atoms with Crippen molar-refractivity contribution in [1.82, 2.24) is 5.09 Å². The molecule has 2 aromatic carbocycles. The van der Waals surface area contributed by atoms with Gasteiger partial charge >= 0.3 is 7.75 Å². The summed E-state index contributed by atoms with van der Waals surface area (Å²) in [6.45, 7) is 11.1. The van der Waals surface area contributed by atoms with Crippen molar-refractivity contribution in [2.75, 3.05) is 5.32 Å². The first-order chi connectivity index (χ1) is 15.6. The first kappa shape index (κ1) is 27.0. The molecule has 0 heterocycles. The highest BCUT2D eigenvalue weighted by Crippen LogP contribution is 2.47. The number of amides is 1. The highest BCUT2D eigenvalue weighted by atomic mass is 31.2. The van der Waals surface area contributed by atoms with Crippen LogP contribution in [0.3, 0.4) is 0 Å². The van der Waals surface area contributed by atoms with E-state index >= 15 is 0 Å². The first-order valence-electron chi connectivity index (χ1n) is 11.4. The van der Waals surface area contributed by atoms with E-state index in [1.807, 2.05) is 80.6 Å². The molecule has 180 valence electrons. The van der Waals surface area contributed by atoms with Crippen molar-refractivity contribution in [2.24, 2.45) is 5.92 Å². The van der Waals surface area contributed by atoms with Crippen molar-refractivity contribution in [3.8, 4) is 0 Å². The SMILES string of the molecule is CC(C)CC(NP(=O)(OC(C)C)OC(C)C)C(=O)Nc1ccc(/C=C/c2ccccc2)cc1. The minimum absolute atomic E-state index is 0.199. The number of anilines is 1. The van der Waals surface area contributed by atoms with Crippen LogP contribution in [-0.2, 0) is 18.4 Å². The number of carbonyl (C=O) groups excluding carboxylic acids is 1. The van der Waals surface area contributed by atoms with Gasteiger partial charge in [0.2, 0.25) is 5.91 Å². The Morgan fingerprint density at radius 2 is 1.36 bits per heavy atom. The number of hydrogen-bond donors (Lipinski definition) is 2. The summed E-state index contributed by atoms with van der Waals surface area (Å²) in [5, 5.41) is 5.80. The van der Waals surface area contributed by atoms with Crippen molar-refractivity contribution in [1.29, 1.82) is 0 Å². The average Bonchev–Trinajstić information content (AvgIpc) is 2.72. The smallest absolute Gasteiger partial charge is 0.325 e. The zero-order valence-corrected chi connectivity index (χ0v) is 21.3. The second kappa shape index (κ2) is 12.9. The van der Waals surface area contributed by atoms with E-state index in [4.69, 9.17) is 9.05 Å². The molecule has 0 saturated carbocycles. The minimum atomic E-state index is -3.67. The van der Waals surface area contributed by atoms with Crippen LogP contribution in [0.1, 0.15) is 59.1 Å². The molecule has 0 bridgehead atoms. The second-order valence-electron chi connectivity index (χ2n) is 8.97. The third-order valence-corrected chi connectivity index (χ3v) is 6.51. The maximum Gasteiger partial charge on any atom is 0.406 e. The van der Waals surface area contributed by atoms with Crippen LogP contribution in [0.5, 0.6) is 0 Å². The lowest BCUT2D eigenvalue weighted by atomic mass is 10.0. The molecule has 2 aromatic rings. The molecular formula is C26H37N2O4P. The molecule has 0 saturated heterocycles. The molecule has 33 heavy (non-hydrogen) atoms. The summed E-state index contributed by atoms with van der Waals surface area (Å²) in [6, 6.07) is 16.9. The third-order valence-electron chi connectivity index (χ3n) is 4.48. The van der Waals surface area contributed by atoms with Crippen molar-refractivity contribution in [2.45, 2.75) is 66.2 Å². The summed E-state index contributed by atoms with van der Waals surface area (Å²) in [4.78, 5) is 13.1. The van der Waals surface area contributed by atoms with Gasteiger partial charge in [-0.25, -0.2) is 9.65 Å². The summed E-state index contributed by atoms with van der Waals surface area (Å²) in [6.07, 6.45) is 3.91. The normalized spacial score (nSPS) is 13.2. The molecule has 0 aliphatic heterocycles. The van der Waals surface area contributed by atoms with Gasteiger partial charge in [0.05, 0.1) is 18.2 Å². The van der Waals surface area contributed by atoms with E-state index in [2.05, 4.69) is 10.4 Å². The quantitative estimate of drug-likeness (QED) is 0.264. The summed E-state index contributed by atoms with van der Waals surface area (Å²) in [5.41, 5.74) is 2.81. The van der Waals surface area contributed by atoms with E-state index in [9.17, 15) is 9.36 Å². The molecular weight excluding hydrogens is 435 g/mol. The Morgan fingerprint density at radius 3 is 1.85 bits per heavy atom. The Labute approximate surface area is 198 Å². The number of rotatable bonds is 12. The van der Waals surface area contributed by atoms with Crippen LogP contribution >= 0.6 is 7.75 Å². The van der Waals surface area contributed by atoms with Gasteiger partial charge in [0.15, 0.2) is 0 Å². The van der Waals surface area contributed by atoms with E-state index in [0.29, 0.717) is 12.1 Å². The van der Waals surface area contributed by atoms with Gasteiger partial charge < -0.3 is 5.32 Å². The lowest BCUT2D eigenvalue weighted by molar-refractivity contribution is -0.118. The van der Waals surface area contributed by atoms with Gasteiger partial charge in [0.1, 0.15) is 0 Å². The maximum atomic E-state index is 13.3. The van der Waals surface area contributed by atoms with E-state index in [-0.39, 0.29) is 24.0 Å². The largest absolute Gasteiger partial charge is 0.406 e. The Bertz CT molecular complexity index is 927. The van der Waals surface area contributed by atoms with Crippen LogP contribution in [0, 0.1) is 5.92 Å². The average molecular weight is 473 g/mol.